The molecular weight excluding hydrogens is 292 g/mol. The third-order valence-corrected chi connectivity index (χ3v) is 3.58. The third kappa shape index (κ3) is 2.62. The molecular formula is C18H14N2O3. The Morgan fingerprint density at radius 3 is 2.65 bits per heavy atom. The minimum atomic E-state index is -0.610. The van der Waals surface area contributed by atoms with Crippen LogP contribution in [0.15, 0.2) is 46.9 Å². The van der Waals surface area contributed by atoms with Crippen molar-refractivity contribution in [1.82, 2.24) is 0 Å². The molecule has 1 aromatic heterocycles. The highest BCUT2D eigenvalue weighted by Crippen LogP contribution is 2.35. The Hall–Kier alpha value is -3.26. The number of primary amides is 1. The molecule has 0 saturated heterocycles. The molecule has 3 rings (SSSR count). The summed E-state index contributed by atoms with van der Waals surface area (Å²) in [6, 6.07) is 15.0. The second kappa shape index (κ2) is 5.85. The lowest BCUT2D eigenvalue weighted by Crippen LogP contribution is -2.12. The van der Waals surface area contributed by atoms with Crippen molar-refractivity contribution in [3.8, 4) is 11.8 Å². The number of aryl methyl sites for hydroxylation is 1. The number of carbonyl (C=O) groups excluding carboxylic acids is 1. The number of hydrogen-bond donors (Lipinski definition) is 1. The summed E-state index contributed by atoms with van der Waals surface area (Å²) < 4.78 is 11.4. The van der Waals surface area contributed by atoms with E-state index in [-0.39, 0.29) is 5.56 Å². The van der Waals surface area contributed by atoms with Crippen molar-refractivity contribution >= 4 is 16.9 Å². The van der Waals surface area contributed by atoms with Gasteiger partial charge in [-0.25, -0.2) is 0 Å². The number of ether oxygens (including phenoxy) is 1. The summed E-state index contributed by atoms with van der Waals surface area (Å²) in [5.41, 5.74) is 7.36. The Balaban J connectivity index is 2.10. The van der Waals surface area contributed by atoms with Gasteiger partial charge in [0.1, 0.15) is 24.2 Å². The number of rotatable bonds is 4. The number of fused-ring (bicyclic) bond motifs is 1. The molecule has 0 saturated carbocycles. The van der Waals surface area contributed by atoms with Gasteiger partial charge in [0.2, 0.25) is 0 Å². The Morgan fingerprint density at radius 2 is 2.00 bits per heavy atom. The molecule has 0 aliphatic carbocycles. The van der Waals surface area contributed by atoms with Crippen LogP contribution in [0.5, 0.6) is 5.75 Å². The fraction of sp³-hybridized carbons (Fsp3) is 0.111. The minimum Gasteiger partial charge on any atom is -0.488 e. The second-order valence-corrected chi connectivity index (χ2v) is 5.10. The zero-order valence-corrected chi connectivity index (χ0v) is 12.5. The molecule has 0 atom stereocenters. The number of nitriles is 1. The maximum absolute atomic E-state index is 11.7. The number of amides is 1. The van der Waals surface area contributed by atoms with E-state index in [1.54, 1.807) is 19.1 Å². The summed E-state index contributed by atoms with van der Waals surface area (Å²) in [7, 11) is 0. The van der Waals surface area contributed by atoms with Crippen molar-refractivity contribution in [3.63, 3.8) is 0 Å². The zero-order chi connectivity index (χ0) is 16.4. The van der Waals surface area contributed by atoms with Gasteiger partial charge in [0.05, 0.1) is 16.5 Å². The van der Waals surface area contributed by atoms with Gasteiger partial charge in [-0.15, -0.1) is 0 Å². The van der Waals surface area contributed by atoms with E-state index < -0.39 is 5.91 Å². The molecule has 0 fully saturated rings. The number of nitrogens with zero attached hydrogens (tertiary/aromatic N) is 1. The van der Waals surface area contributed by atoms with E-state index in [1.165, 1.54) is 0 Å². The lowest BCUT2D eigenvalue weighted by Gasteiger charge is -2.08. The first-order valence-corrected chi connectivity index (χ1v) is 7.04. The largest absolute Gasteiger partial charge is 0.488 e. The summed E-state index contributed by atoms with van der Waals surface area (Å²) in [6.07, 6.45) is 0. The second-order valence-electron chi connectivity index (χ2n) is 5.10. The monoisotopic (exact) mass is 306 g/mol. The van der Waals surface area contributed by atoms with Crippen LogP contribution in [0.25, 0.3) is 11.0 Å². The Kier molecular flexibility index (Phi) is 3.73. The standard InChI is InChI=1S/C18H14N2O3/c1-11-15(18(20)21)16-14(8-7-13(9-19)17(16)23-11)22-10-12-5-3-2-4-6-12/h2-8H,10H2,1H3,(H2,20,21). The molecule has 0 unspecified atom stereocenters. The van der Waals surface area contributed by atoms with Gasteiger partial charge in [-0.05, 0) is 24.6 Å². The van der Waals surface area contributed by atoms with E-state index in [4.69, 9.17) is 14.9 Å². The molecule has 0 aliphatic rings. The summed E-state index contributed by atoms with van der Waals surface area (Å²) in [5.74, 6) is 0.231. The van der Waals surface area contributed by atoms with Crippen LogP contribution >= 0.6 is 0 Å². The molecule has 114 valence electrons. The van der Waals surface area contributed by atoms with Gasteiger partial charge >= 0.3 is 0 Å². The van der Waals surface area contributed by atoms with Gasteiger partial charge in [-0.2, -0.15) is 5.26 Å². The van der Waals surface area contributed by atoms with Crippen LogP contribution in [-0.4, -0.2) is 5.91 Å². The maximum Gasteiger partial charge on any atom is 0.253 e. The summed E-state index contributed by atoms with van der Waals surface area (Å²) >= 11 is 0. The molecule has 3 aromatic rings. The highest BCUT2D eigenvalue weighted by molar-refractivity contribution is 6.09. The van der Waals surface area contributed by atoms with Gasteiger partial charge in [-0.1, -0.05) is 30.3 Å². The number of benzene rings is 2. The van der Waals surface area contributed by atoms with E-state index >= 15 is 0 Å². The normalized spacial score (nSPS) is 10.4. The van der Waals surface area contributed by atoms with E-state index in [0.29, 0.717) is 34.6 Å². The smallest absolute Gasteiger partial charge is 0.253 e. The summed E-state index contributed by atoms with van der Waals surface area (Å²) in [5, 5.41) is 9.66. The minimum absolute atomic E-state index is 0.250. The number of carbonyl (C=O) groups is 1. The highest BCUT2D eigenvalue weighted by atomic mass is 16.5. The molecule has 0 spiro atoms. The van der Waals surface area contributed by atoms with Gasteiger partial charge in [-0.3, -0.25) is 4.79 Å². The first kappa shape index (κ1) is 14.7. The first-order chi connectivity index (χ1) is 11.1. The van der Waals surface area contributed by atoms with Crippen LogP contribution in [0.2, 0.25) is 0 Å². The van der Waals surface area contributed by atoms with Crippen LogP contribution in [-0.2, 0) is 6.61 Å². The number of nitrogens with two attached hydrogens (primary N) is 1. The van der Waals surface area contributed by atoms with E-state index in [0.717, 1.165) is 5.56 Å². The molecule has 0 radical (unpaired) electrons. The Morgan fingerprint density at radius 1 is 1.26 bits per heavy atom. The molecule has 23 heavy (non-hydrogen) atoms. The molecule has 1 amide bonds. The summed E-state index contributed by atoms with van der Waals surface area (Å²) in [6.45, 7) is 1.98. The Bertz CT molecular complexity index is 921. The SMILES string of the molecule is Cc1oc2c(C#N)ccc(OCc3ccccc3)c2c1C(N)=O. The van der Waals surface area contributed by atoms with Crippen molar-refractivity contribution in [2.24, 2.45) is 5.73 Å². The van der Waals surface area contributed by atoms with Crippen LogP contribution in [0.3, 0.4) is 0 Å². The average molecular weight is 306 g/mol. The van der Waals surface area contributed by atoms with Crippen LogP contribution in [0.1, 0.15) is 27.2 Å². The molecule has 5 heteroatoms. The quantitative estimate of drug-likeness (QED) is 0.801. The van der Waals surface area contributed by atoms with Gasteiger partial charge in [0, 0.05) is 0 Å². The lowest BCUT2D eigenvalue weighted by molar-refractivity contribution is 0.1000. The van der Waals surface area contributed by atoms with Gasteiger partial charge in [0.15, 0.2) is 5.58 Å². The number of furan rings is 1. The van der Waals surface area contributed by atoms with Crippen molar-refractivity contribution < 1.29 is 13.9 Å². The van der Waals surface area contributed by atoms with Crippen molar-refractivity contribution in [2.45, 2.75) is 13.5 Å². The Labute approximate surface area is 132 Å². The predicted molar refractivity (Wildman–Crippen MR) is 85.0 cm³/mol. The van der Waals surface area contributed by atoms with Crippen molar-refractivity contribution in [3.05, 3.63) is 64.9 Å². The fourth-order valence-corrected chi connectivity index (χ4v) is 2.53. The van der Waals surface area contributed by atoms with Gasteiger partial charge in [0.25, 0.3) is 5.91 Å². The topological polar surface area (TPSA) is 89.2 Å². The van der Waals surface area contributed by atoms with Crippen molar-refractivity contribution in [1.29, 1.82) is 5.26 Å². The average Bonchev–Trinajstić information content (AvgIpc) is 2.91. The van der Waals surface area contributed by atoms with E-state index in [2.05, 4.69) is 0 Å². The maximum atomic E-state index is 11.7. The first-order valence-electron chi connectivity index (χ1n) is 7.04. The molecule has 2 N–H and O–H groups in total. The molecule has 5 nitrogen and oxygen atoms in total. The van der Waals surface area contributed by atoms with Crippen LogP contribution in [0.4, 0.5) is 0 Å². The van der Waals surface area contributed by atoms with Crippen LogP contribution in [0, 0.1) is 18.3 Å². The van der Waals surface area contributed by atoms with E-state index in [1.807, 2.05) is 36.4 Å². The zero-order valence-electron chi connectivity index (χ0n) is 12.5. The number of hydrogen-bond acceptors (Lipinski definition) is 4. The predicted octanol–water partition coefficient (Wildman–Crippen LogP) is 3.29. The molecule has 0 aliphatic heterocycles. The fourth-order valence-electron chi connectivity index (χ4n) is 2.53. The van der Waals surface area contributed by atoms with Gasteiger partial charge < -0.3 is 14.9 Å². The lowest BCUT2D eigenvalue weighted by atomic mass is 10.1. The van der Waals surface area contributed by atoms with Crippen LogP contribution < -0.4 is 10.5 Å². The van der Waals surface area contributed by atoms with Crippen molar-refractivity contribution in [2.75, 3.05) is 0 Å². The molecule has 1 heterocycles. The highest BCUT2D eigenvalue weighted by Gasteiger charge is 2.22. The third-order valence-electron chi connectivity index (χ3n) is 3.58. The molecule has 2 aromatic carbocycles. The molecule has 0 bridgehead atoms. The van der Waals surface area contributed by atoms with E-state index in [9.17, 15) is 10.1 Å². The summed E-state index contributed by atoms with van der Waals surface area (Å²) in [4.78, 5) is 11.7.